The van der Waals surface area contributed by atoms with Crippen LogP contribution in [0.2, 0.25) is 0 Å². The normalized spacial score (nSPS) is 16.0. The predicted molar refractivity (Wildman–Crippen MR) is 122 cm³/mol. The van der Waals surface area contributed by atoms with E-state index in [4.69, 9.17) is 4.52 Å². The number of nitrogens with zero attached hydrogens (tertiary/aromatic N) is 3. The average molecular weight is 531 g/mol. The topological polar surface area (TPSA) is 99.8 Å². The van der Waals surface area contributed by atoms with Crippen molar-refractivity contribution < 1.29 is 12.9 Å². The van der Waals surface area contributed by atoms with Crippen LogP contribution in [0.5, 0.6) is 0 Å². The largest absolute Gasteiger partial charge is 0.361 e. The van der Waals surface area contributed by atoms with Crippen LogP contribution in [0, 0.1) is 0 Å². The molecule has 1 aromatic heterocycles. The standard InChI is InChI=1S/C16H29N5O3S2.HI/c1-4-14-13(15(5-2)24-20-14)12-19-16(17-3)18-6-11-26(22,23)21-7-9-25-10-8-21;/h4-12H2,1-3H3,(H2,17,18,19);1H. The molecule has 1 aromatic rings. The molecule has 156 valence electrons. The fourth-order valence-corrected chi connectivity index (χ4v) is 5.27. The van der Waals surface area contributed by atoms with E-state index in [0.29, 0.717) is 32.1 Å². The Bertz CT molecular complexity index is 681. The Morgan fingerprint density at radius 3 is 2.56 bits per heavy atom. The summed E-state index contributed by atoms with van der Waals surface area (Å²) in [6.07, 6.45) is 1.58. The van der Waals surface area contributed by atoms with Gasteiger partial charge in [-0.3, -0.25) is 4.99 Å². The third-order valence-electron chi connectivity index (χ3n) is 4.28. The molecule has 1 aliphatic heterocycles. The van der Waals surface area contributed by atoms with Gasteiger partial charge in [-0.1, -0.05) is 19.0 Å². The van der Waals surface area contributed by atoms with E-state index in [-0.39, 0.29) is 29.7 Å². The Balaban J connectivity index is 0.00000364. The Labute approximate surface area is 183 Å². The van der Waals surface area contributed by atoms with E-state index < -0.39 is 10.0 Å². The molecule has 0 amide bonds. The Hall–Kier alpha value is -0.530. The molecule has 0 aliphatic carbocycles. The molecule has 2 rings (SSSR count). The first kappa shape index (κ1) is 24.5. The predicted octanol–water partition coefficient (Wildman–Crippen LogP) is 1.46. The maximum atomic E-state index is 12.4. The van der Waals surface area contributed by atoms with Crippen molar-refractivity contribution in [2.45, 2.75) is 33.2 Å². The van der Waals surface area contributed by atoms with Gasteiger partial charge >= 0.3 is 0 Å². The van der Waals surface area contributed by atoms with Gasteiger partial charge in [0.2, 0.25) is 10.0 Å². The molecule has 0 unspecified atom stereocenters. The van der Waals surface area contributed by atoms with Gasteiger partial charge in [0.15, 0.2) is 5.96 Å². The van der Waals surface area contributed by atoms with Gasteiger partial charge in [0.25, 0.3) is 0 Å². The van der Waals surface area contributed by atoms with Crippen molar-refractivity contribution in [2.24, 2.45) is 4.99 Å². The fraction of sp³-hybridized carbons (Fsp3) is 0.750. The first-order valence-electron chi connectivity index (χ1n) is 8.98. The third-order valence-corrected chi connectivity index (χ3v) is 7.09. The minimum Gasteiger partial charge on any atom is -0.361 e. The molecule has 1 aliphatic rings. The Morgan fingerprint density at radius 1 is 1.26 bits per heavy atom. The lowest BCUT2D eigenvalue weighted by Crippen LogP contribution is -2.44. The second kappa shape index (κ2) is 12.1. The molecule has 2 heterocycles. The van der Waals surface area contributed by atoms with Crippen LogP contribution in [0.4, 0.5) is 0 Å². The van der Waals surface area contributed by atoms with Gasteiger partial charge in [0.05, 0.1) is 11.4 Å². The van der Waals surface area contributed by atoms with Crippen LogP contribution in [0.3, 0.4) is 0 Å². The summed E-state index contributed by atoms with van der Waals surface area (Å²) in [5.74, 6) is 3.24. The van der Waals surface area contributed by atoms with Gasteiger partial charge in [0.1, 0.15) is 5.76 Å². The minimum absolute atomic E-state index is 0. The first-order chi connectivity index (χ1) is 12.5. The van der Waals surface area contributed by atoms with Gasteiger partial charge in [-0.25, -0.2) is 12.7 Å². The number of hydrogen-bond donors (Lipinski definition) is 2. The summed E-state index contributed by atoms with van der Waals surface area (Å²) in [7, 11) is -1.55. The van der Waals surface area contributed by atoms with Crippen molar-refractivity contribution >= 4 is 51.7 Å². The number of nitrogens with one attached hydrogen (secondary N) is 2. The van der Waals surface area contributed by atoms with Crippen LogP contribution in [0.25, 0.3) is 0 Å². The molecule has 0 radical (unpaired) electrons. The SMILES string of the molecule is CCc1noc(CC)c1CNC(=NC)NCCS(=O)(=O)N1CCSCC1.I. The van der Waals surface area contributed by atoms with Crippen LogP contribution in [0.15, 0.2) is 9.52 Å². The average Bonchev–Trinajstić information content (AvgIpc) is 3.07. The zero-order chi connectivity index (χ0) is 19.0. The maximum Gasteiger partial charge on any atom is 0.215 e. The van der Waals surface area contributed by atoms with Crippen molar-refractivity contribution in [3.8, 4) is 0 Å². The van der Waals surface area contributed by atoms with E-state index in [1.54, 1.807) is 23.1 Å². The summed E-state index contributed by atoms with van der Waals surface area (Å²) in [4.78, 5) is 4.16. The second-order valence-corrected chi connectivity index (χ2v) is 9.23. The molecule has 27 heavy (non-hydrogen) atoms. The molecule has 1 saturated heterocycles. The van der Waals surface area contributed by atoms with E-state index in [2.05, 4.69) is 20.8 Å². The number of aliphatic imine (C=N–C) groups is 1. The molecular weight excluding hydrogens is 501 g/mol. The van der Waals surface area contributed by atoms with Crippen molar-refractivity contribution in [3.05, 3.63) is 17.0 Å². The fourth-order valence-electron chi connectivity index (χ4n) is 2.78. The summed E-state index contributed by atoms with van der Waals surface area (Å²) in [6.45, 7) is 6.14. The number of thioether (sulfide) groups is 1. The van der Waals surface area contributed by atoms with Crippen LogP contribution >= 0.6 is 35.7 Å². The number of hydrogen-bond acceptors (Lipinski definition) is 6. The molecule has 0 spiro atoms. The molecular formula is C16H30IN5O3S2. The van der Waals surface area contributed by atoms with E-state index in [0.717, 1.165) is 41.4 Å². The van der Waals surface area contributed by atoms with Crippen molar-refractivity contribution in [2.75, 3.05) is 43.9 Å². The molecule has 0 aromatic carbocycles. The summed E-state index contributed by atoms with van der Waals surface area (Å²) in [5.41, 5.74) is 1.99. The summed E-state index contributed by atoms with van der Waals surface area (Å²) in [6, 6.07) is 0. The number of aryl methyl sites for hydroxylation is 2. The van der Waals surface area contributed by atoms with Gasteiger partial charge in [0, 0.05) is 56.7 Å². The van der Waals surface area contributed by atoms with Gasteiger partial charge in [-0.15, -0.1) is 24.0 Å². The van der Waals surface area contributed by atoms with Crippen LogP contribution < -0.4 is 10.6 Å². The lowest BCUT2D eigenvalue weighted by Gasteiger charge is -2.25. The number of aromatic nitrogens is 1. The van der Waals surface area contributed by atoms with Crippen LogP contribution in [-0.4, -0.2) is 67.8 Å². The summed E-state index contributed by atoms with van der Waals surface area (Å²) in [5, 5.41) is 10.4. The molecule has 1 fully saturated rings. The molecule has 11 heteroatoms. The minimum atomic E-state index is -3.22. The first-order valence-corrected chi connectivity index (χ1v) is 11.7. The van der Waals surface area contributed by atoms with Gasteiger partial charge in [-0.2, -0.15) is 11.8 Å². The number of guanidine groups is 1. The van der Waals surface area contributed by atoms with E-state index >= 15 is 0 Å². The van der Waals surface area contributed by atoms with E-state index in [1.807, 2.05) is 13.8 Å². The summed E-state index contributed by atoms with van der Waals surface area (Å²) < 4.78 is 31.7. The highest BCUT2D eigenvalue weighted by atomic mass is 127. The highest BCUT2D eigenvalue weighted by molar-refractivity contribution is 14.0. The molecule has 8 nitrogen and oxygen atoms in total. The zero-order valence-electron chi connectivity index (χ0n) is 16.2. The molecule has 0 saturated carbocycles. The zero-order valence-corrected chi connectivity index (χ0v) is 20.1. The summed E-state index contributed by atoms with van der Waals surface area (Å²) >= 11 is 1.79. The highest BCUT2D eigenvalue weighted by Gasteiger charge is 2.23. The van der Waals surface area contributed by atoms with Crippen LogP contribution in [-0.2, 0) is 29.4 Å². The monoisotopic (exact) mass is 531 g/mol. The Morgan fingerprint density at radius 2 is 1.96 bits per heavy atom. The number of halogens is 1. The smallest absolute Gasteiger partial charge is 0.215 e. The van der Waals surface area contributed by atoms with Crippen molar-refractivity contribution in [1.82, 2.24) is 20.1 Å². The lowest BCUT2D eigenvalue weighted by molar-refractivity contribution is 0.380. The number of sulfonamides is 1. The molecule has 2 N–H and O–H groups in total. The second-order valence-electron chi connectivity index (χ2n) is 5.92. The Kier molecular flexibility index (Phi) is 11.0. The van der Waals surface area contributed by atoms with Gasteiger partial charge in [-0.05, 0) is 6.42 Å². The van der Waals surface area contributed by atoms with Crippen molar-refractivity contribution in [3.63, 3.8) is 0 Å². The molecule has 0 bridgehead atoms. The third kappa shape index (κ3) is 7.09. The quantitative estimate of drug-likeness (QED) is 0.298. The van der Waals surface area contributed by atoms with Crippen LogP contribution in [0.1, 0.15) is 30.9 Å². The number of rotatable bonds is 8. The van der Waals surface area contributed by atoms with Crippen molar-refractivity contribution in [1.29, 1.82) is 0 Å². The molecule has 0 atom stereocenters. The van der Waals surface area contributed by atoms with E-state index in [9.17, 15) is 8.42 Å². The lowest BCUT2D eigenvalue weighted by atomic mass is 10.1. The highest BCUT2D eigenvalue weighted by Crippen LogP contribution is 2.15. The van der Waals surface area contributed by atoms with Gasteiger partial charge < -0.3 is 15.2 Å². The maximum absolute atomic E-state index is 12.4. The van der Waals surface area contributed by atoms with E-state index in [1.165, 1.54) is 0 Å².